The Labute approximate surface area is 130 Å². The van der Waals surface area contributed by atoms with Crippen molar-refractivity contribution in [3.8, 4) is 0 Å². The molecule has 0 unspecified atom stereocenters. The predicted octanol–water partition coefficient (Wildman–Crippen LogP) is 2.77. The largest absolute Gasteiger partial charge is 0.353 e. The van der Waals surface area contributed by atoms with Crippen LogP contribution in [0.25, 0.3) is 0 Å². The zero-order chi connectivity index (χ0) is 15.5. The molecule has 0 spiro atoms. The summed E-state index contributed by atoms with van der Waals surface area (Å²) in [6.07, 6.45) is 3.62. The van der Waals surface area contributed by atoms with E-state index < -0.39 is 0 Å². The zero-order valence-corrected chi connectivity index (χ0v) is 14.2. The Morgan fingerprint density at radius 1 is 1.29 bits per heavy atom. The second-order valence-electron chi connectivity index (χ2n) is 6.19. The van der Waals surface area contributed by atoms with Gasteiger partial charge in [-0.2, -0.15) is 0 Å². The summed E-state index contributed by atoms with van der Waals surface area (Å²) in [6, 6.07) is 0. The third-order valence-electron chi connectivity index (χ3n) is 3.09. The van der Waals surface area contributed by atoms with Crippen molar-refractivity contribution >= 4 is 17.2 Å². The number of rotatable bonds is 5. The highest BCUT2D eigenvalue weighted by Crippen LogP contribution is 2.17. The van der Waals surface area contributed by atoms with Gasteiger partial charge in [-0.25, -0.2) is 9.97 Å². The second kappa shape index (κ2) is 6.49. The maximum atomic E-state index is 4.67. The number of aromatic nitrogens is 3. The van der Waals surface area contributed by atoms with Gasteiger partial charge in [-0.15, -0.1) is 11.3 Å². The number of anilines is 1. The second-order valence-corrected chi connectivity index (χ2v) is 7.13. The van der Waals surface area contributed by atoms with Crippen molar-refractivity contribution in [1.29, 1.82) is 0 Å². The van der Waals surface area contributed by atoms with Gasteiger partial charge in [0.05, 0.1) is 29.6 Å². The Balaban J connectivity index is 2.04. The van der Waals surface area contributed by atoms with E-state index in [9.17, 15) is 0 Å². The summed E-state index contributed by atoms with van der Waals surface area (Å²) in [5.41, 5.74) is 4.00. The van der Waals surface area contributed by atoms with Crippen LogP contribution in [0.1, 0.15) is 37.0 Å². The minimum Gasteiger partial charge on any atom is -0.353 e. The van der Waals surface area contributed by atoms with Crippen molar-refractivity contribution < 1.29 is 0 Å². The first-order valence-electron chi connectivity index (χ1n) is 7.01. The van der Waals surface area contributed by atoms with Gasteiger partial charge in [0.15, 0.2) is 0 Å². The summed E-state index contributed by atoms with van der Waals surface area (Å²) in [7, 11) is 2.03. The SMILES string of the molecule is Cc1ncsc1CN(C)c1cncc(CNC(C)(C)C)n1. The van der Waals surface area contributed by atoms with Crippen molar-refractivity contribution in [3.63, 3.8) is 0 Å². The molecule has 0 bridgehead atoms. The van der Waals surface area contributed by atoms with Gasteiger partial charge in [-0.1, -0.05) is 0 Å². The van der Waals surface area contributed by atoms with Crippen LogP contribution in [0.2, 0.25) is 0 Å². The summed E-state index contributed by atoms with van der Waals surface area (Å²) in [4.78, 5) is 16.6. The van der Waals surface area contributed by atoms with Gasteiger partial charge < -0.3 is 10.2 Å². The normalized spacial score (nSPS) is 11.7. The van der Waals surface area contributed by atoms with Crippen molar-refractivity contribution in [3.05, 3.63) is 34.2 Å². The van der Waals surface area contributed by atoms with Crippen LogP contribution in [-0.4, -0.2) is 27.5 Å². The topological polar surface area (TPSA) is 53.9 Å². The maximum absolute atomic E-state index is 4.67. The fourth-order valence-electron chi connectivity index (χ4n) is 1.79. The average molecular weight is 305 g/mol. The number of aryl methyl sites for hydroxylation is 1. The van der Waals surface area contributed by atoms with Crippen LogP contribution in [0, 0.1) is 6.92 Å². The molecule has 114 valence electrons. The molecule has 0 radical (unpaired) electrons. The lowest BCUT2D eigenvalue weighted by molar-refractivity contribution is 0.421. The first-order chi connectivity index (χ1) is 9.85. The van der Waals surface area contributed by atoms with Crippen LogP contribution >= 0.6 is 11.3 Å². The lowest BCUT2D eigenvalue weighted by atomic mass is 10.1. The third-order valence-corrected chi connectivity index (χ3v) is 4.01. The monoisotopic (exact) mass is 305 g/mol. The van der Waals surface area contributed by atoms with Crippen LogP contribution in [-0.2, 0) is 13.1 Å². The van der Waals surface area contributed by atoms with E-state index in [4.69, 9.17) is 0 Å². The van der Waals surface area contributed by atoms with Crippen LogP contribution in [0.3, 0.4) is 0 Å². The van der Waals surface area contributed by atoms with Crippen LogP contribution < -0.4 is 10.2 Å². The summed E-state index contributed by atoms with van der Waals surface area (Å²) in [6.45, 7) is 9.99. The summed E-state index contributed by atoms with van der Waals surface area (Å²) in [5, 5.41) is 3.43. The zero-order valence-electron chi connectivity index (χ0n) is 13.3. The number of nitrogens with one attached hydrogen (secondary N) is 1. The van der Waals surface area contributed by atoms with Gasteiger partial charge in [0.1, 0.15) is 5.82 Å². The van der Waals surface area contributed by atoms with Crippen LogP contribution in [0.15, 0.2) is 17.9 Å². The number of thiazole rings is 1. The number of hydrogen-bond donors (Lipinski definition) is 1. The van der Waals surface area contributed by atoms with Gasteiger partial charge in [-0.05, 0) is 27.7 Å². The Bertz CT molecular complexity index is 588. The fraction of sp³-hybridized carbons (Fsp3) is 0.533. The Kier molecular flexibility index (Phi) is 4.90. The highest BCUT2D eigenvalue weighted by atomic mass is 32.1. The summed E-state index contributed by atoms with van der Waals surface area (Å²) in [5.74, 6) is 0.885. The minimum atomic E-state index is 0.0728. The quantitative estimate of drug-likeness (QED) is 0.920. The first kappa shape index (κ1) is 15.9. The Morgan fingerprint density at radius 2 is 2.05 bits per heavy atom. The highest BCUT2D eigenvalue weighted by Gasteiger charge is 2.11. The third kappa shape index (κ3) is 4.75. The molecular formula is C15H23N5S. The molecule has 0 saturated heterocycles. The maximum Gasteiger partial charge on any atom is 0.147 e. The van der Waals surface area contributed by atoms with Crippen molar-refractivity contribution in [2.45, 2.75) is 46.3 Å². The molecule has 2 heterocycles. The Hall–Kier alpha value is -1.53. The molecule has 2 aromatic rings. The van der Waals surface area contributed by atoms with Gasteiger partial charge in [0.25, 0.3) is 0 Å². The summed E-state index contributed by atoms with van der Waals surface area (Å²) >= 11 is 1.68. The van der Waals surface area contributed by atoms with E-state index >= 15 is 0 Å². The number of hydrogen-bond acceptors (Lipinski definition) is 6. The molecule has 0 saturated carbocycles. The van der Waals surface area contributed by atoms with E-state index in [1.54, 1.807) is 17.5 Å². The van der Waals surface area contributed by atoms with Crippen LogP contribution in [0.5, 0.6) is 0 Å². The smallest absolute Gasteiger partial charge is 0.147 e. The molecule has 0 aliphatic carbocycles. The molecule has 0 aromatic carbocycles. The molecular weight excluding hydrogens is 282 g/mol. The summed E-state index contributed by atoms with van der Waals surface area (Å²) < 4.78 is 0. The van der Waals surface area contributed by atoms with E-state index in [2.05, 4.69) is 45.9 Å². The van der Waals surface area contributed by atoms with E-state index in [0.717, 1.165) is 30.3 Å². The molecule has 5 nitrogen and oxygen atoms in total. The fourth-order valence-corrected chi connectivity index (χ4v) is 2.62. The van der Waals surface area contributed by atoms with E-state index in [1.807, 2.05) is 25.7 Å². The molecule has 21 heavy (non-hydrogen) atoms. The standard InChI is InChI=1S/C15H23N5S/c1-11-13(21-10-17-11)9-20(5)14-8-16-6-12(19-14)7-18-15(2,3)4/h6,8,10,18H,7,9H2,1-5H3. The molecule has 0 atom stereocenters. The van der Waals surface area contributed by atoms with Gasteiger partial charge in [0.2, 0.25) is 0 Å². The van der Waals surface area contributed by atoms with Gasteiger partial charge >= 0.3 is 0 Å². The van der Waals surface area contributed by atoms with E-state index in [1.165, 1.54) is 4.88 Å². The highest BCUT2D eigenvalue weighted by molar-refractivity contribution is 7.09. The molecule has 0 fully saturated rings. The molecule has 1 N–H and O–H groups in total. The minimum absolute atomic E-state index is 0.0728. The molecule has 0 amide bonds. The van der Waals surface area contributed by atoms with Gasteiger partial charge in [0, 0.05) is 30.2 Å². The van der Waals surface area contributed by atoms with E-state index in [0.29, 0.717) is 0 Å². The Morgan fingerprint density at radius 3 is 2.67 bits per heavy atom. The molecule has 0 aliphatic heterocycles. The average Bonchev–Trinajstić information content (AvgIpc) is 2.81. The lowest BCUT2D eigenvalue weighted by Crippen LogP contribution is -2.35. The van der Waals surface area contributed by atoms with Gasteiger partial charge in [-0.3, -0.25) is 4.98 Å². The van der Waals surface area contributed by atoms with Crippen LogP contribution in [0.4, 0.5) is 5.82 Å². The van der Waals surface area contributed by atoms with Crippen molar-refractivity contribution in [2.24, 2.45) is 0 Å². The van der Waals surface area contributed by atoms with Crippen molar-refractivity contribution in [2.75, 3.05) is 11.9 Å². The molecule has 0 aliphatic rings. The molecule has 2 aromatic heterocycles. The lowest BCUT2D eigenvalue weighted by Gasteiger charge is -2.21. The first-order valence-corrected chi connectivity index (χ1v) is 7.89. The predicted molar refractivity (Wildman–Crippen MR) is 87.6 cm³/mol. The molecule has 2 rings (SSSR count). The molecule has 6 heteroatoms. The van der Waals surface area contributed by atoms with E-state index in [-0.39, 0.29) is 5.54 Å². The van der Waals surface area contributed by atoms with Crippen molar-refractivity contribution in [1.82, 2.24) is 20.3 Å². The number of nitrogens with zero attached hydrogens (tertiary/aromatic N) is 4.